The molecular weight excluding hydrogens is 462 g/mol. The largest absolute Gasteiger partial charge is 0.350 e. The zero-order chi connectivity index (χ0) is 24.6. The molecule has 1 N–H and O–H groups in total. The second-order valence-corrected chi connectivity index (χ2v) is 10.5. The van der Waals surface area contributed by atoms with Gasteiger partial charge in [-0.3, -0.25) is 8.98 Å². The molecule has 0 bridgehead atoms. The Balaban J connectivity index is 1.74. The molecule has 9 nitrogen and oxygen atoms in total. The van der Waals surface area contributed by atoms with E-state index in [9.17, 15) is 13.2 Å². The predicted octanol–water partition coefficient (Wildman–Crippen LogP) is 3.05. The monoisotopic (exact) mass is 499 g/mol. The highest BCUT2D eigenvalue weighted by molar-refractivity contribution is 7.86. The van der Waals surface area contributed by atoms with Crippen molar-refractivity contribution in [1.82, 2.24) is 5.32 Å². The number of hydrogen-bond acceptors (Lipinski definition) is 8. The number of benzene rings is 1. The Morgan fingerprint density at radius 1 is 1.09 bits per heavy atom. The van der Waals surface area contributed by atoms with E-state index in [1.807, 2.05) is 30.3 Å². The summed E-state index contributed by atoms with van der Waals surface area (Å²) in [7, 11) is -3.87. The molecule has 2 aliphatic rings. The summed E-state index contributed by atoms with van der Waals surface area (Å²) < 4.78 is 53.9. The topological polar surface area (TPSA) is 109 Å². The van der Waals surface area contributed by atoms with Gasteiger partial charge in [0, 0.05) is 19.1 Å². The third-order valence-electron chi connectivity index (χ3n) is 5.85. The molecule has 3 rings (SSSR count). The summed E-state index contributed by atoms with van der Waals surface area (Å²) in [6, 6.07) is 8.46. The quantitative estimate of drug-likeness (QED) is 0.345. The van der Waals surface area contributed by atoms with Crippen LogP contribution in [-0.4, -0.2) is 64.4 Å². The molecule has 0 aliphatic carbocycles. The van der Waals surface area contributed by atoms with E-state index in [2.05, 4.69) is 12.2 Å². The average molecular weight is 500 g/mol. The van der Waals surface area contributed by atoms with Crippen molar-refractivity contribution in [3.8, 4) is 0 Å². The highest BCUT2D eigenvalue weighted by atomic mass is 32.2. The van der Waals surface area contributed by atoms with Crippen LogP contribution in [-0.2, 0) is 38.0 Å². The molecule has 2 fully saturated rings. The van der Waals surface area contributed by atoms with Crippen LogP contribution in [0.1, 0.15) is 64.2 Å². The second-order valence-electron chi connectivity index (χ2n) is 8.85. The summed E-state index contributed by atoms with van der Waals surface area (Å²) in [6.07, 6.45) is 3.50. The van der Waals surface area contributed by atoms with Crippen LogP contribution in [0.15, 0.2) is 30.3 Å². The molecular formula is C24H37NO8S. The number of unbranched alkanes of at least 4 members (excludes halogenated alkanes) is 5. The minimum absolute atomic E-state index is 0.164. The SMILES string of the molecule is CCCCCCCCO[C@@H]1O[C@@H]2CO[C@@H](c3ccccc3)O[C@H]2[C@@H](OS(C)(=O)=O)[C@H]1NC(C)=O. The third kappa shape index (κ3) is 8.00. The molecule has 1 aromatic carbocycles. The molecule has 2 saturated heterocycles. The Hall–Kier alpha value is -1.56. The van der Waals surface area contributed by atoms with Gasteiger partial charge in [0.2, 0.25) is 5.91 Å². The molecule has 0 radical (unpaired) electrons. The Kier molecular flexibility index (Phi) is 10.3. The zero-order valence-corrected chi connectivity index (χ0v) is 21.0. The lowest BCUT2D eigenvalue weighted by molar-refractivity contribution is -0.340. The van der Waals surface area contributed by atoms with Gasteiger partial charge in [-0.2, -0.15) is 8.42 Å². The van der Waals surface area contributed by atoms with Crippen molar-refractivity contribution in [1.29, 1.82) is 0 Å². The van der Waals surface area contributed by atoms with E-state index >= 15 is 0 Å². The highest BCUT2D eigenvalue weighted by Crippen LogP contribution is 2.36. The molecule has 0 spiro atoms. The maximum absolute atomic E-state index is 12.1. The number of ether oxygens (including phenoxy) is 4. The Bertz CT molecular complexity index is 865. The highest BCUT2D eigenvalue weighted by Gasteiger charge is 2.52. The lowest BCUT2D eigenvalue weighted by atomic mass is 9.95. The van der Waals surface area contributed by atoms with E-state index < -0.39 is 47.1 Å². The Labute approximate surface area is 202 Å². The fourth-order valence-corrected chi connectivity index (χ4v) is 4.91. The molecule has 0 aromatic heterocycles. The molecule has 2 aliphatic heterocycles. The number of nitrogens with one attached hydrogen (secondary N) is 1. The molecule has 0 unspecified atom stereocenters. The van der Waals surface area contributed by atoms with Gasteiger partial charge in [-0.1, -0.05) is 69.4 Å². The van der Waals surface area contributed by atoms with Crippen molar-refractivity contribution in [2.24, 2.45) is 0 Å². The van der Waals surface area contributed by atoms with Gasteiger partial charge in [0.05, 0.1) is 12.9 Å². The van der Waals surface area contributed by atoms with Crippen LogP contribution in [0, 0.1) is 0 Å². The van der Waals surface area contributed by atoms with Crippen molar-refractivity contribution in [3.05, 3.63) is 35.9 Å². The molecule has 10 heteroatoms. The van der Waals surface area contributed by atoms with Crippen LogP contribution in [0.2, 0.25) is 0 Å². The van der Waals surface area contributed by atoms with Gasteiger partial charge in [-0.15, -0.1) is 0 Å². The van der Waals surface area contributed by atoms with Gasteiger partial charge in [0.15, 0.2) is 12.6 Å². The van der Waals surface area contributed by atoms with Crippen molar-refractivity contribution in [2.75, 3.05) is 19.5 Å². The first-order valence-electron chi connectivity index (χ1n) is 12.0. The van der Waals surface area contributed by atoms with Gasteiger partial charge < -0.3 is 24.3 Å². The molecule has 192 valence electrons. The zero-order valence-electron chi connectivity index (χ0n) is 20.2. The summed E-state index contributed by atoms with van der Waals surface area (Å²) in [4.78, 5) is 12.0. The van der Waals surface area contributed by atoms with Crippen LogP contribution in [0.5, 0.6) is 0 Å². The standard InChI is InChI=1S/C24H37NO8S/c1-4-5-6-7-8-12-15-29-24-20(25-17(2)26)22(33-34(3,27)28)21-19(31-24)16-30-23(32-21)18-13-10-9-11-14-18/h9-11,13-14,19-24H,4-8,12,15-16H2,1-3H3,(H,25,26)/t19-,20-,21-,22+,23-,24-/m1/s1. The van der Waals surface area contributed by atoms with Crippen molar-refractivity contribution >= 4 is 16.0 Å². The van der Waals surface area contributed by atoms with E-state index in [1.165, 1.54) is 26.2 Å². The van der Waals surface area contributed by atoms with Crippen LogP contribution >= 0.6 is 0 Å². The van der Waals surface area contributed by atoms with E-state index in [1.54, 1.807) is 0 Å². The van der Waals surface area contributed by atoms with Crippen LogP contribution < -0.4 is 5.32 Å². The Morgan fingerprint density at radius 3 is 2.47 bits per heavy atom. The third-order valence-corrected chi connectivity index (χ3v) is 6.42. The fourth-order valence-electron chi connectivity index (χ4n) is 4.28. The van der Waals surface area contributed by atoms with Crippen molar-refractivity contribution in [3.63, 3.8) is 0 Å². The van der Waals surface area contributed by atoms with Gasteiger partial charge >= 0.3 is 0 Å². The summed E-state index contributed by atoms with van der Waals surface area (Å²) >= 11 is 0. The smallest absolute Gasteiger partial charge is 0.264 e. The minimum Gasteiger partial charge on any atom is -0.350 e. The first-order chi connectivity index (χ1) is 16.3. The lowest BCUT2D eigenvalue weighted by Crippen LogP contribution is -2.67. The number of carbonyl (C=O) groups excluding carboxylic acids is 1. The molecule has 6 atom stereocenters. The van der Waals surface area contributed by atoms with Gasteiger partial charge in [0.1, 0.15) is 24.4 Å². The first-order valence-corrected chi connectivity index (χ1v) is 13.8. The molecule has 1 amide bonds. The predicted molar refractivity (Wildman–Crippen MR) is 125 cm³/mol. The molecule has 34 heavy (non-hydrogen) atoms. The number of amides is 1. The van der Waals surface area contributed by atoms with E-state index in [4.69, 9.17) is 23.1 Å². The number of carbonyl (C=O) groups is 1. The minimum atomic E-state index is -3.87. The number of fused-ring (bicyclic) bond motifs is 1. The van der Waals surface area contributed by atoms with Crippen molar-refractivity contribution < 1.29 is 36.3 Å². The van der Waals surface area contributed by atoms with Gasteiger partial charge in [0.25, 0.3) is 10.1 Å². The fraction of sp³-hybridized carbons (Fsp3) is 0.708. The summed E-state index contributed by atoms with van der Waals surface area (Å²) in [5, 5.41) is 2.76. The lowest BCUT2D eigenvalue weighted by Gasteiger charge is -2.48. The first kappa shape index (κ1) is 27.0. The van der Waals surface area contributed by atoms with Crippen LogP contribution in [0.3, 0.4) is 0 Å². The van der Waals surface area contributed by atoms with Crippen LogP contribution in [0.25, 0.3) is 0 Å². The average Bonchev–Trinajstić information content (AvgIpc) is 2.79. The van der Waals surface area contributed by atoms with E-state index in [-0.39, 0.29) is 12.5 Å². The van der Waals surface area contributed by atoms with Crippen LogP contribution in [0.4, 0.5) is 0 Å². The Morgan fingerprint density at radius 2 is 1.79 bits per heavy atom. The summed E-state index contributed by atoms with van der Waals surface area (Å²) in [5.74, 6) is -0.353. The van der Waals surface area contributed by atoms with Crippen molar-refractivity contribution in [2.45, 2.75) is 89.3 Å². The summed E-state index contributed by atoms with van der Waals surface area (Å²) in [5.41, 5.74) is 0.788. The molecule has 2 heterocycles. The maximum Gasteiger partial charge on any atom is 0.264 e. The maximum atomic E-state index is 12.1. The second kappa shape index (κ2) is 12.9. The number of hydrogen-bond donors (Lipinski definition) is 1. The molecule has 1 aromatic rings. The number of rotatable bonds is 12. The molecule has 0 saturated carbocycles. The van der Waals surface area contributed by atoms with E-state index in [0.29, 0.717) is 6.61 Å². The van der Waals surface area contributed by atoms with Gasteiger partial charge in [-0.25, -0.2) is 0 Å². The van der Waals surface area contributed by atoms with Gasteiger partial charge in [-0.05, 0) is 6.42 Å². The summed E-state index contributed by atoms with van der Waals surface area (Å²) in [6.45, 7) is 4.11. The normalized spacial score (nSPS) is 29.4. The van der Waals surface area contributed by atoms with E-state index in [0.717, 1.165) is 31.1 Å².